The Hall–Kier alpha value is -2.91. The van der Waals surface area contributed by atoms with Crippen molar-refractivity contribution < 1.29 is 37.5 Å². The summed E-state index contributed by atoms with van der Waals surface area (Å²) in [5, 5.41) is 11.0. The highest BCUT2D eigenvalue weighted by molar-refractivity contribution is 6.06. The molecule has 3 rings (SSSR count). The molecule has 2 aliphatic rings. The van der Waals surface area contributed by atoms with Gasteiger partial charge >= 0.3 is 12.1 Å². The van der Waals surface area contributed by atoms with Crippen LogP contribution in [0.3, 0.4) is 0 Å². The number of hydrogen-bond donors (Lipinski definition) is 2. The molecule has 0 bridgehead atoms. The summed E-state index contributed by atoms with van der Waals surface area (Å²) in [4.78, 5) is 47.6. The Bertz CT molecular complexity index is 818. The lowest BCUT2D eigenvalue weighted by Gasteiger charge is -2.29. The number of carbonyl (C=O) groups is 4. The fourth-order valence-electron chi connectivity index (χ4n) is 3.06. The van der Waals surface area contributed by atoms with Crippen LogP contribution in [0.5, 0.6) is 0 Å². The second kappa shape index (κ2) is 5.57. The summed E-state index contributed by atoms with van der Waals surface area (Å²) in [6, 6.07) is 0.330. The van der Waals surface area contributed by atoms with Crippen molar-refractivity contribution >= 4 is 23.7 Å². The third-order valence-corrected chi connectivity index (χ3v) is 4.17. The van der Waals surface area contributed by atoms with Crippen LogP contribution in [0.15, 0.2) is 12.1 Å². The van der Waals surface area contributed by atoms with Crippen molar-refractivity contribution in [2.45, 2.75) is 31.6 Å². The van der Waals surface area contributed by atoms with Crippen LogP contribution in [-0.4, -0.2) is 39.7 Å². The predicted octanol–water partition coefficient (Wildman–Crippen LogP) is 1.16. The van der Waals surface area contributed by atoms with Gasteiger partial charge in [-0.25, -0.2) is 4.79 Å². The van der Waals surface area contributed by atoms with E-state index < -0.39 is 52.6 Å². The van der Waals surface area contributed by atoms with E-state index >= 15 is 0 Å². The normalized spacial score (nSPS) is 20.5. The lowest BCUT2D eigenvalue weighted by molar-refractivity contribution is -0.138. The van der Waals surface area contributed by atoms with Crippen molar-refractivity contribution in [3.8, 4) is 0 Å². The van der Waals surface area contributed by atoms with Gasteiger partial charge in [0.1, 0.15) is 6.04 Å². The van der Waals surface area contributed by atoms with Gasteiger partial charge in [-0.3, -0.25) is 19.7 Å². The number of amides is 3. The molecule has 1 saturated heterocycles. The van der Waals surface area contributed by atoms with E-state index in [4.69, 9.17) is 5.11 Å². The summed E-state index contributed by atoms with van der Waals surface area (Å²) in [5.74, 6) is -3.84. The highest BCUT2D eigenvalue weighted by atomic mass is 19.4. The molecule has 2 heterocycles. The number of piperidine rings is 1. The lowest BCUT2D eigenvalue weighted by atomic mass is 9.99. The number of imide groups is 1. The molecule has 132 valence electrons. The van der Waals surface area contributed by atoms with Crippen molar-refractivity contribution in [1.29, 1.82) is 0 Å². The zero-order valence-corrected chi connectivity index (χ0v) is 12.5. The number of hydrogen-bond acceptors (Lipinski definition) is 4. The largest absolute Gasteiger partial charge is 0.478 e. The van der Waals surface area contributed by atoms with Crippen LogP contribution in [-0.2, 0) is 22.3 Å². The number of rotatable bonds is 2. The van der Waals surface area contributed by atoms with Gasteiger partial charge in [-0.15, -0.1) is 0 Å². The van der Waals surface area contributed by atoms with Gasteiger partial charge < -0.3 is 10.0 Å². The molecule has 1 unspecified atom stereocenters. The zero-order valence-electron chi connectivity index (χ0n) is 12.5. The molecule has 10 heteroatoms. The minimum atomic E-state index is -4.92. The second-order valence-electron chi connectivity index (χ2n) is 5.76. The summed E-state index contributed by atoms with van der Waals surface area (Å²) >= 11 is 0. The molecule has 0 spiro atoms. The number of nitrogens with one attached hydrogen (secondary N) is 1. The first-order chi connectivity index (χ1) is 11.6. The van der Waals surface area contributed by atoms with E-state index in [1.807, 2.05) is 5.32 Å². The molecule has 1 fully saturated rings. The minimum Gasteiger partial charge on any atom is -0.478 e. The number of aromatic carboxylic acids is 1. The first kappa shape index (κ1) is 16.9. The molecule has 25 heavy (non-hydrogen) atoms. The minimum absolute atomic E-state index is 0.00245. The van der Waals surface area contributed by atoms with Gasteiger partial charge in [0.2, 0.25) is 11.8 Å². The average molecular weight is 356 g/mol. The third kappa shape index (κ3) is 2.83. The average Bonchev–Trinajstić information content (AvgIpc) is 2.82. The molecule has 0 saturated carbocycles. The Morgan fingerprint density at radius 3 is 2.48 bits per heavy atom. The molecule has 1 aromatic rings. The molecule has 0 aliphatic carbocycles. The quantitative estimate of drug-likeness (QED) is 0.774. The predicted molar refractivity (Wildman–Crippen MR) is 74.4 cm³/mol. The molecule has 2 aliphatic heterocycles. The number of carboxylic acid groups (broad SMARTS) is 1. The first-order valence-electron chi connectivity index (χ1n) is 7.21. The number of nitrogens with zero attached hydrogens (tertiary/aromatic N) is 1. The highest BCUT2D eigenvalue weighted by Gasteiger charge is 2.45. The Labute approximate surface area is 138 Å². The lowest BCUT2D eigenvalue weighted by Crippen LogP contribution is -2.52. The van der Waals surface area contributed by atoms with E-state index in [1.54, 1.807) is 0 Å². The van der Waals surface area contributed by atoms with Crippen LogP contribution in [0.1, 0.15) is 44.7 Å². The molecular formula is C15H11F3N2O5. The summed E-state index contributed by atoms with van der Waals surface area (Å²) in [6.07, 6.45) is -4.97. The van der Waals surface area contributed by atoms with E-state index in [-0.39, 0.29) is 24.9 Å². The highest BCUT2D eigenvalue weighted by Crippen LogP contribution is 2.39. The fourth-order valence-corrected chi connectivity index (χ4v) is 3.06. The fraction of sp³-hybridized carbons (Fsp3) is 0.333. The van der Waals surface area contributed by atoms with Gasteiger partial charge in [-0.05, 0) is 24.1 Å². The van der Waals surface area contributed by atoms with Crippen molar-refractivity contribution in [3.63, 3.8) is 0 Å². The van der Waals surface area contributed by atoms with Gasteiger partial charge in [-0.2, -0.15) is 13.2 Å². The Morgan fingerprint density at radius 1 is 1.24 bits per heavy atom. The van der Waals surface area contributed by atoms with Gasteiger partial charge in [-0.1, -0.05) is 0 Å². The maximum absolute atomic E-state index is 13.3. The molecule has 3 amide bonds. The van der Waals surface area contributed by atoms with Crippen LogP contribution < -0.4 is 5.32 Å². The van der Waals surface area contributed by atoms with Gasteiger partial charge in [0.15, 0.2) is 0 Å². The summed E-state index contributed by atoms with van der Waals surface area (Å²) in [7, 11) is 0. The number of halogens is 3. The second-order valence-corrected chi connectivity index (χ2v) is 5.76. The Kier molecular flexibility index (Phi) is 3.77. The summed E-state index contributed by atoms with van der Waals surface area (Å²) < 4.78 is 39.8. The van der Waals surface area contributed by atoms with Crippen molar-refractivity contribution in [2.24, 2.45) is 0 Å². The van der Waals surface area contributed by atoms with E-state index in [0.717, 1.165) is 11.0 Å². The van der Waals surface area contributed by atoms with Crippen LogP contribution in [0, 0.1) is 0 Å². The van der Waals surface area contributed by atoms with Crippen molar-refractivity contribution in [2.75, 3.05) is 0 Å². The van der Waals surface area contributed by atoms with Gasteiger partial charge in [0.25, 0.3) is 5.91 Å². The summed E-state index contributed by atoms with van der Waals surface area (Å²) in [6.45, 7) is -0.329. The molecule has 1 aromatic carbocycles. The van der Waals surface area contributed by atoms with Crippen LogP contribution in [0.25, 0.3) is 0 Å². The van der Waals surface area contributed by atoms with Crippen LogP contribution in [0.4, 0.5) is 13.2 Å². The molecule has 1 atom stereocenters. The van der Waals surface area contributed by atoms with Crippen molar-refractivity contribution in [1.82, 2.24) is 10.2 Å². The number of alkyl halides is 3. The topological polar surface area (TPSA) is 104 Å². The molecular weight excluding hydrogens is 345 g/mol. The smallest absolute Gasteiger partial charge is 0.417 e. The van der Waals surface area contributed by atoms with E-state index in [1.165, 1.54) is 0 Å². The molecule has 7 nitrogen and oxygen atoms in total. The Morgan fingerprint density at radius 2 is 1.92 bits per heavy atom. The van der Waals surface area contributed by atoms with Gasteiger partial charge in [0.05, 0.1) is 16.7 Å². The van der Waals surface area contributed by atoms with Crippen LogP contribution in [0.2, 0.25) is 0 Å². The van der Waals surface area contributed by atoms with E-state index in [2.05, 4.69) is 0 Å². The maximum Gasteiger partial charge on any atom is 0.417 e. The summed E-state index contributed by atoms with van der Waals surface area (Å²) in [5.41, 5.74) is -2.70. The SMILES string of the molecule is O=C1CCC(N2Cc3cc(C(=O)O)cc(C(F)(F)F)c3C2=O)C(=O)N1. The third-order valence-electron chi connectivity index (χ3n) is 4.17. The standard InChI is InChI=1S/C15H11F3N2O5/c16-15(17,18)8-4-6(14(24)25)3-7-5-20(13(23)11(7)8)9-1-2-10(21)19-12(9)22/h3-4,9H,1-2,5H2,(H,24,25)(H,19,21,22). The zero-order chi connectivity index (χ0) is 18.5. The maximum atomic E-state index is 13.3. The molecule has 0 aromatic heterocycles. The van der Waals surface area contributed by atoms with E-state index in [9.17, 15) is 32.3 Å². The van der Waals surface area contributed by atoms with E-state index in [0.29, 0.717) is 6.07 Å². The van der Waals surface area contributed by atoms with Crippen molar-refractivity contribution in [3.05, 3.63) is 34.4 Å². The van der Waals surface area contributed by atoms with Gasteiger partial charge in [0, 0.05) is 13.0 Å². The molecule has 2 N–H and O–H groups in total. The monoisotopic (exact) mass is 356 g/mol. The number of carbonyl (C=O) groups excluding carboxylic acids is 3. The number of fused-ring (bicyclic) bond motifs is 1. The number of carboxylic acids is 1. The Balaban J connectivity index is 2.05. The molecule has 0 radical (unpaired) electrons. The number of benzene rings is 1. The first-order valence-corrected chi connectivity index (χ1v) is 7.21. The van der Waals surface area contributed by atoms with Crippen LogP contribution >= 0.6 is 0 Å².